The number of thiazole rings is 3. The van der Waals surface area contributed by atoms with Crippen LogP contribution in [0.4, 0.5) is 8.78 Å². The summed E-state index contributed by atoms with van der Waals surface area (Å²) in [6.07, 6.45) is 5.26. The number of nitrogens with zero attached hydrogens (tertiary/aromatic N) is 9. The molecule has 0 radical (unpaired) electrons. The van der Waals surface area contributed by atoms with Crippen LogP contribution < -0.4 is 0 Å². The van der Waals surface area contributed by atoms with Crippen LogP contribution in [-0.4, -0.2) is 44.9 Å². The van der Waals surface area contributed by atoms with Crippen molar-refractivity contribution in [1.82, 2.24) is 44.9 Å². The average Bonchev–Trinajstić information content (AvgIpc) is 4.17. The highest BCUT2D eigenvalue weighted by atomic mass is 35.5. The number of rotatable bonds is 6. The van der Waals surface area contributed by atoms with Crippen LogP contribution in [0.2, 0.25) is 5.02 Å². The molecule has 0 saturated carbocycles. The Labute approximate surface area is 405 Å². The first-order chi connectivity index (χ1) is 33.3. The Kier molecular flexibility index (Phi) is 12.8. The minimum Gasteiger partial charge on any atom is -0.256 e. The van der Waals surface area contributed by atoms with E-state index in [1.165, 1.54) is 40.4 Å². The van der Waals surface area contributed by atoms with Gasteiger partial charge in [-0.25, -0.2) is 38.7 Å². The third-order valence-electron chi connectivity index (χ3n) is 10.8. The van der Waals surface area contributed by atoms with Gasteiger partial charge in [-0.15, -0.1) is 34.0 Å². The summed E-state index contributed by atoms with van der Waals surface area (Å²) < 4.78 is 26.9. The molecule has 9 nitrogen and oxygen atoms in total. The molecule has 0 saturated heterocycles. The lowest BCUT2D eigenvalue weighted by molar-refractivity contribution is 0.618. The molecule has 0 fully saturated rings. The smallest absolute Gasteiger partial charge is 0.143 e. The Morgan fingerprint density at radius 2 is 0.838 bits per heavy atom. The first-order valence-corrected chi connectivity index (χ1v) is 24.0. The molecule has 0 aliphatic heterocycles. The molecule has 15 heteroatoms. The number of pyridine rings is 6. The van der Waals surface area contributed by atoms with Gasteiger partial charge < -0.3 is 0 Å². The van der Waals surface area contributed by atoms with Crippen molar-refractivity contribution in [2.75, 3.05) is 0 Å². The molecule has 0 bridgehead atoms. The monoisotopic (exact) mass is 965 g/mol. The van der Waals surface area contributed by atoms with E-state index in [-0.39, 0.29) is 10.8 Å². The van der Waals surface area contributed by atoms with E-state index in [1.807, 2.05) is 84.5 Å². The first-order valence-electron chi connectivity index (χ1n) is 21.0. The number of halogens is 3. The minimum atomic E-state index is -0.447. The zero-order valence-corrected chi connectivity index (χ0v) is 39.3. The van der Waals surface area contributed by atoms with Crippen LogP contribution in [0.1, 0.15) is 11.1 Å². The van der Waals surface area contributed by atoms with E-state index in [0.29, 0.717) is 11.3 Å². The van der Waals surface area contributed by atoms with E-state index in [1.54, 1.807) is 59.9 Å². The molecular weight excluding hydrogens is 932 g/mol. The van der Waals surface area contributed by atoms with Gasteiger partial charge in [0, 0.05) is 52.0 Å². The van der Waals surface area contributed by atoms with E-state index in [9.17, 15) is 8.78 Å². The topological polar surface area (TPSA) is 116 Å². The van der Waals surface area contributed by atoms with Crippen LogP contribution in [0.15, 0.2) is 169 Å². The van der Waals surface area contributed by atoms with E-state index >= 15 is 0 Å². The predicted molar refractivity (Wildman–Crippen MR) is 273 cm³/mol. The Balaban J connectivity index is 0.000000119. The average molecular weight is 967 g/mol. The second-order valence-electron chi connectivity index (χ2n) is 15.3. The fourth-order valence-corrected chi connectivity index (χ4v) is 9.61. The van der Waals surface area contributed by atoms with Crippen molar-refractivity contribution >= 4 is 76.7 Å². The van der Waals surface area contributed by atoms with Crippen LogP contribution in [-0.2, 0) is 0 Å². The second kappa shape index (κ2) is 19.7. The lowest BCUT2D eigenvalue weighted by Gasteiger charge is -2.09. The molecule has 0 aliphatic carbocycles. The number of benzene rings is 3. The van der Waals surface area contributed by atoms with Crippen molar-refractivity contribution in [2.45, 2.75) is 13.8 Å². The van der Waals surface area contributed by atoms with Gasteiger partial charge >= 0.3 is 0 Å². The highest BCUT2D eigenvalue weighted by Crippen LogP contribution is 2.35. The fourth-order valence-electron chi connectivity index (χ4n) is 7.46. The molecular formula is C53H34ClF2N9S3. The maximum Gasteiger partial charge on any atom is 0.143 e. The zero-order chi connectivity index (χ0) is 46.6. The highest BCUT2D eigenvalue weighted by Gasteiger charge is 2.15. The molecule has 0 aliphatic rings. The molecule has 9 heterocycles. The maximum atomic E-state index is 13.5. The summed E-state index contributed by atoms with van der Waals surface area (Å²) in [4.78, 5) is 43.0. The standard InChI is InChI=1S/C18H12FN3S.C18H13N3S.C17H9ClFN3S/c1-11-9-12(4-5-14(11)19)17-13(3-2-8-20-17)15-6-7-16-18(22-15)23-10-21-16;1-12-4-2-5-13(10-12)17-14(6-3-9-19-17)15-7-8-16-18(21-15)22-11-20-16;18-12-8-10(3-4-13(12)19)16-11(2-1-7-20-16)14-5-6-15-17(22-14)23-9-21-15/h2-10H,1H3;2-11H,1H3;1-9H. The van der Waals surface area contributed by atoms with Gasteiger partial charge in [0.05, 0.1) is 72.3 Å². The zero-order valence-electron chi connectivity index (χ0n) is 36.0. The van der Waals surface area contributed by atoms with Gasteiger partial charge in [-0.2, -0.15) is 0 Å². The second-order valence-corrected chi connectivity index (χ2v) is 18.2. The number of aromatic nitrogens is 9. The van der Waals surface area contributed by atoms with Gasteiger partial charge in [0.25, 0.3) is 0 Å². The number of hydrogen-bond donors (Lipinski definition) is 0. The molecule has 0 spiro atoms. The van der Waals surface area contributed by atoms with Crippen LogP contribution in [0.3, 0.4) is 0 Å². The van der Waals surface area contributed by atoms with Gasteiger partial charge in [-0.3, -0.25) is 15.0 Å². The van der Waals surface area contributed by atoms with Gasteiger partial charge in [0.1, 0.15) is 26.1 Å². The van der Waals surface area contributed by atoms with Crippen molar-refractivity contribution in [2.24, 2.45) is 0 Å². The van der Waals surface area contributed by atoms with Crippen molar-refractivity contribution < 1.29 is 8.78 Å². The normalized spacial score (nSPS) is 11.0. The third kappa shape index (κ3) is 9.48. The van der Waals surface area contributed by atoms with Crippen molar-refractivity contribution in [3.63, 3.8) is 0 Å². The molecule has 0 N–H and O–H groups in total. The summed E-state index contributed by atoms with van der Waals surface area (Å²) in [5.41, 5.74) is 20.5. The molecule has 0 unspecified atom stereocenters. The molecule has 12 rings (SSSR count). The lowest BCUT2D eigenvalue weighted by atomic mass is 10.0. The van der Waals surface area contributed by atoms with E-state index in [4.69, 9.17) is 16.6 Å². The number of aryl methyl sites for hydroxylation is 2. The molecule has 0 atom stereocenters. The summed E-state index contributed by atoms with van der Waals surface area (Å²) in [5, 5.41) is 0.0740. The van der Waals surface area contributed by atoms with Gasteiger partial charge in [0.15, 0.2) is 0 Å². The SMILES string of the molecule is Cc1cc(-c2ncccc2-c2ccc3ncsc3n2)ccc1F.Cc1cccc(-c2ncccc2-c2ccc3ncsc3n2)c1.Fc1ccc(-c2ncccc2-c2ccc3ncsc3n2)cc1Cl. The maximum absolute atomic E-state index is 13.5. The van der Waals surface area contributed by atoms with Crippen LogP contribution in [0.5, 0.6) is 0 Å². The highest BCUT2D eigenvalue weighted by molar-refractivity contribution is 7.16. The van der Waals surface area contributed by atoms with E-state index < -0.39 is 5.82 Å². The lowest BCUT2D eigenvalue weighted by Crippen LogP contribution is -1.92. The Hall–Kier alpha value is -7.62. The number of hydrogen-bond acceptors (Lipinski definition) is 12. The Bertz CT molecular complexity index is 3600. The molecule has 0 amide bonds. The molecule has 12 aromatic rings. The largest absolute Gasteiger partial charge is 0.256 e. The van der Waals surface area contributed by atoms with Crippen LogP contribution in [0, 0.1) is 25.5 Å². The van der Waals surface area contributed by atoms with E-state index in [0.717, 1.165) is 92.9 Å². The summed E-state index contributed by atoms with van der Waals surface area (Å²) >= 11 is 10.5. The first kappa shape index (κ1) is 44.2. The van der Waals surface area contributed by atoms with Crippen molar-refractivity contribution in [3.05, 3.63) is 196 Å². The van der Waals surface area contributed by atoms with Gasteiger partial charge in [-0.1, -0.05) is 35.4 Å². The van der Waals surface area contributed by atoms with Gasteiger partial charge in [-0.05, 0) is 135 Å². The molecule has 3 aromatic carbocycles. The molecule has 9 aromatic heterocycles. The van der Waals surface area contributed by atoms with Crippen LogP contribution >= 0.6 is 45.6 Å². The molecule has 68 heavy (non-hydrogen) atoms. The Morgan fingerprint density at radius 1 is 0.412 bits per heavy atom. The van der Waals surface area contributed by atoms with Crippen molar-refractivity contribution in [1.29, 1.82) is 0 Å². The summed E-state index contributed by atoms with van der Waals surface area (Å²) in [5.74, 6) is -0.660. The minimum absolute atomic E-state index is 0.0740. The van der Waals surface area contributed by atoms with Crippen LogP contribution in [0.25, 0.3) is 98.6 Å². The Morgan fingerprint density at radius 3 is 1.26 bits per heavy atom. The number of fused-ring (bicyclic) bond motifs is 3. The third-order valence-corrected chi connectivity index (χ3v) is 13.2. The summed E-state index contributed by atoms with van der Waals surface area (Å²) in [6, 6.07) is 41.5. The van der Waals surface area contributed by atoms with Gasteiger partial charge in [0.2, 0.25) is 0 Å². The fraction of sp³-hybridized carbons (Fsp3) is 0.0377. The van der Waals surface area contributed by atoms with E-state index in [2.05, 4.69) is 77.1 Å². The summed E-state index contributed by atoms with van der Waals surface area (Å²) in [6.45, 7) is 3.84. The van der Waals surface area contributed by atoms with Crippen molar-refractivity contribution in [3.8, 4) is 67.5 Å². The molecule has 330 valence electrons. The predicted octanol–water partition coefficient (Wildman–Crippen LogP) is 14.8. The quantitative estimate of drug-likeness (QED) is 0.161. The summed E-state index contributed by atoms with van der Waals surface area (Å²) in [7, 11) is 0.